The summed E-state index contributed by atoms with van der Waals surface area (Å²) in [6.45, 7) is 7.86. The number of nitrogens with zero attached hydrogens (tertiary/aromatic N) is 1. The van der Waals surface area contributed by atoms with Gasteiger partial charge in [0.1, 0.15) is 6.04 Å². The third-order valence-electron chi connectivity index (χ3n) is 9.24. The molecule has 1 aliphatic carbocycles. The van der Waals surface area contributed by atoms with Crippen molar-refractivity contribution < 1.29 is 24.3 Å². The Morgan fingerprint density at radius 1 is 1.00 bits per heavy atom. The topological polar surface area (TPSA) is 168 Å². The summed E-state index contributed by atoms with van der Waals surface area (Å²) in [5.74, 6) is -2.32. The van der Waals surface area contributed by atoms with Crippen LogP contribution in [0.4, 0.5) is 0 Å². The molecule has 2 fully saturated rings. The summed E-state index contributed by atoms with van der Waals surface area (Å²) < 4.78 is 0. The Hall–Kier alpha value is -2.31. The molecule has 1 heterocycles. The predicted molar refractivity (Wildman–Crippen MR) is 179 cm³/mol. The number of nitrogens with two attached hydrogens (primary N) is 2. The highest BCUT2D eigenvalue weighted by Crippen LogP contribution is 2.30. The number of aliphatic hydroxyl groups excluding tert-OH is 1. The van der Waals surface area contributed by atoms with E-state index in [1.807, 2.05) is 58.0 Å². The lowest BCUT2D eigenvalue weighted by Gasteiger charge is -2.34. The Kier molecular flexibility index (Phi) is 15.0. The maximum atomic E-state index is 14.4. The number of aliphatic hydroxyl groups is 1. The van der Waals surface area contributed by atoms with Gasteiger partial charge in [-0.3, -0.25) is 19.2 Å². The molecular formula is C34H55N5O5S. The molecule has 3 rings (SSSR count). The first-order valence-electron chi connectivity index (χ1n) is 16.7. The number of amides is 4. The van der Waals surface area contributed by atoms with E-state index in [0.29, 0.717) is 24.6 Å². The van der Waals surface area contributed by atoms with Crippen molar-refractivity contribution in [3.05, 3.63) is 35.9 Å². The van der Waals surface area contributed by atoms with Gasteiger partial charge in [0, 0.05) is 36.4 Å². The molecule has 0 bridgehead atoms. The number of imide groups is 3. The minimum atomic E-state index is -1.21. The fraction of sp³-hybridized carbons (Fsp3) is 0.706. The summed E-state index contributed by atoms with van der Waals surface area (Å²) in [7, 11) is 0. The van der Waals surface area contributed by atoms with Crippen LogP contribution in [0.3, 0.4) is 0 Å². The lowest BCUT2D eigenvalue weighted by molar-refractivity contribution is -0.160. The van der Waals surface area contributed by atoms with E-state index in [4.69, 9.17) is 11.5 Å². The quantitative estimate of drug-likeness (QED) is 0.204. The smallest absolute Gasteiger partial charge is 0.258 e. The Bertz CT molecular complexity index is 1110. The van der Waals surface area contributed by atoms with Crippen LogP contribution in [0.5, 0.6) is 0 Å². The number of hydrogen-bond donors (Lipinski definition) is 5. The SMILES string of the molecule is CC(C)C(C[C@H](O)[C@@H](N)CC1CCCCC1)C(=O)N(C(=O)C1CSCCN1)C(=O)C(Cc1ccccc1)NC(=O)[C@@H](N)C(C)C. The van der Waals surface area contributed by atoms with Crippen LogP contribution in [-0.2, 0) is 25.6 Å². The predicted octanol–water partition coefficient (Wildman–Crippen LogP) is 2.60. The van der Waals surface area contributed by atoms with Crippen LogP contribution >= 0.6 is 11.8 Å². The van der Waals surface area contributed by atoms with Crippen molar-refractivity contribution in [3.8, 4) is 0 Å². The van der Waals surface area contributed by atoms with Crippen molar-refractivity contribution in [2.45, 2.75) is 109 Å². The summed E-state index contributed by atoms with van der Waals surface area (Å²) >= 11 is 1.57. The van der Waals surface area contributed by atoms with Crippen LogP contribution in [-0.4, -0.2) is 82.0 Å². The van der Waals surface area contributed by atoms with Crippen LogP contribution in [0.2, 0.25) is 0 Å². The molecule has 0 aromatic heterocycles. The number of nitrogens with one attached hydrogen (secondary N) is 2. The van der Waals surface area contributed by atoms with E-state index in [-0.39, 0.29) is 24.7 Å². The molecule has 1 aromatic rings. The normalized spacial score (nSPS) is 21.0. The summed E-state index contributed by atoms with van der Waals surface area (Å²) in [5.41, 5.74) is 13.4. The van der Waals surface area contributed by atoms with Crippen molar-refractivity contribution in [3.63, 3.8) is 0 Å². The zero-order valence-corrected chi connectivity index (χ0v) is 28.3. The van der Waals surface area contributed by atoms with Gasteiger partial charge in [0.05, 0.1) is 18.2 Å². The average molecular weight is 646 g/mol. The van der Waals surface area contributed by atoms with Gasteiger partial charge in [0.15, 0.2) is 0 Å². The molecule has 11 heteroatoms. The Labute approximate surface area is 273 Å². The molecular weight excluding hydrogens is 590 g/mol. The van der Waals surface area contributed by atoms with Crippen LogP contribution < -0.4 is 22.1 Å². The number of benzene rings is 1. The van der Waals surface area contributed by atoms with Gasteiger partial charge in [-0.15, -0.1) is 0 Å². The third-order valence-corrected chi connectivity index (χ3v) is 10.3. The largest absolute Gasteiger partial charge is 0.391 e. The van der Waals surface area contributed by atoms with Crippen LogP contribution in [0, 0.1) is 23.7 Å². The van der Waals surface area contributed by atoms with Crippen LogP contribution in [0.1, 0.15) is 78.2 Å². The second kappa shape index (κ2) is 18.1. The maximum Gasteiger partial charge on any atom is 0.258 e. The van der Waals surface area contributed by atoms with Crippen molar-refractivity contribution in [1.82, 2.24) is 15.5 Å². The molecule has 1 aromatic carbocycles. The van der Waals surface area contributed by atoms with E-state index in [9.17, 15) is 24.3 Å². The molecule has 6 atom stereocenters. The van der Waals surface area contributed by atoms with Gasteiger partial charge < -0.3 is 27.2 Å². The van der Waals surface area contributed by atoms with E-state index >= 15 is 0 Å². The first-order chi connectivity index (χ1) is 21.4. The molecule has 0 radical (unpaired) electrons. The number of carbonyl (C=O) groups excluding carboxylic acids is 4. The summed E-state index contributed by atoms with van der Waals surface area (Å²) in [4.78, 5) is 56.8. The molecule has 45 heavy (non-hydrogen) atoms. The Morgan fingerprint density at radius 2 is 1.67 bits per heavy atom. The van der Waals surface area contributed by atoms with Gasteiger partial charge in [-0.2, -0.15) is 11.8 Å². The van der Waals surface area contributed by atoms with Gasteiger partial charge in [-0.1, -0.05) is 90.1 Å². The van der Waals surface area contributed by atoms with Gasteiger partial charge in [0.25, 0.3) is 11.8 Å². The number of thioether (sulfide) groups is 1. The molecule has 1 saturated carbocycles. The zero-order chi connectivity index (χ0) is 33.1. The van der Waals surface area contributed by atoms with E-state index in [0.717, 1.165) is 41.9 Å². The van der Waals surface area contributed by atoms with Crippen molar-refractivity contribution in [2.24, 2.45) is 35.1 Å². The summed E-state index contributed by atoms with van der Waals surface area (Å²) in [5, 5.41) is 17.1. The van der Waals surface area contributed by atoms with Crippen LogP contribution in [0.15, 0.2) is 30.3 Å². The fourth-order valence-electron chi connectivity index (χ4n) is 6.21. The summed E-state index contributed by atoms with van der Waals surface area (Å²) in [6.07, 6.45) is 5.53. The zero-order valence-electron chi connectivity index (χ0n) is 27.5. The van der Waals surface area contributed by atoms with Gasteiger partial charge >= 0.3 is 0 Å². The molecule has 1 aliphatic heterocycles. The fourth-order valence-corrected chi connectivity index (χ4v) is 7.13. The molecule has 252 valence electrons. The first kappa shape index (κ1) is 37.2. The number of hydrogen-bond acceptors (Lipinski definition) is 9. The molecule has 10 nitrogen and oxygen atoms in total. The molecule has 3 unspecified atom stereocenters. The second-order valence-electron chi connectivity index (χ2n) is 13.5. The van der Waals surface area contributed by atoms with Gasteiger partial charge in [-0.05, 0) is 36.2 Å². The molecule has 7 N–H and O–H groups in total. The average Bonchev–Trinajstić information content (AvgIpc) is 3.03. The van der Waals surface area contributed by atoms with Gasteiger partial charge in [0.2, 0.25) is 11.8 Å². The van der Waals surface area contributed by atoms with E-state index in [2.05, 4.69) is 10.6 Å². The molecule has 0 spiro atoms. The first-order valence-corrected chi connectivity index (χ1v) is 17.8. The van der Waals surface area contributed by atoms with Gasteiger partial charge in [-0.25, -0.2) is 4.90 Å². The van der Waals surface area contributed by atoms with Crippen molar-refractivity contribution in [2.75, 3.05) is 18.1 Å². The third kappa shape index (κ3) is 10.9. The molecule has 1 saturated heterocycles. The highest BCUT2D eigenvalue weighted by atomic mass is 32.2. The Morgan fingerprint density at radius 3 is 2.24 bits per heavy atom. The maximum absolute atomic E-state index is 14.4. The van der Waals surface area contributed by atoms with Crippen LogP contribution in [0.25, 0.3) is 0 Å². The minimum absolute atomic E-state index is 0.0300. The Balaban J connectivity index is 1.92. The molecule has 2 aliphatic rings. The highest BCUT2D eigenvalue weighted by Gasteiger charge is 2.43. The lowest BCUT2D eigenvalue weighted by Crippen LogP contribution is -2.61. The van der Waals surface area contributed by atoms with Crippen molar-refractivity contribution in [1.29, 1.82) is 0 Å². The monoisotopic (exact) mass is 645 g/mol. The highest BCUT2D eigenvalue weighted by molar-refractivity contribution is 7.99. The van der Waals surface area contributed by atoms with Crippen molar-refractivity contribution >= 4 is 35.4 Å². The second-order valence-corrected chi connectivity index (χ2v) is 14.7. The summed E-state index contributed by atoms with van der Waals surface area (Å²) in [6, 6.07) is 5.79. The minimum Gasteiger partial charge on any atom is -0.391 e. The van der Waals surface area contributed by atoms with E-state index < -0.39 is 59.8 Å². The molecule has 4 amide bonds. The van der Waals surface area contributed by atoms with E-state index in [1.54, 1.807) is 11.8 Å². The number of rotatable bonds is 14. The lowest BCUT2D eigenvalue weighted by atomic mass is 9.81. The van der Waals surface area contributed by atoms with E-state index in [1.165, 1.54) is 6.42 Å². The standard InChI is InChI=1S/C34H55N5O5S/c1-21(2)25(19-29(40)26(35)17-23-11-7-5-8-12-23)32(42)39(34(44)28-20-45-16-15-37-28)33(43)27(18-24-13-9-6-10-14-24)38-31(41)30(36)22(3)4/h6,9-10,13-14,21-23,25-30,37,40H,5,7-8,11-12,15-20,35-36H2,1-4H3,(H,38,41)/t25?,26-,27?,28?,29-,30-/m0/s1. The number of carbonyl (C=O) groups is 4.